The number of ketones is 1. The standard InChI is InChI=1S/C35H53N7O7/c1-6-20-49-41-32(46)27(43)22-38-31(45)26(7-2)42(24-16-12-9-13-17-24)34(48)29(35(3,4)5)40-33(47)28(23-14-10-8-11-15-23)39-30(44)25-21-36-18-19-37-25/h6,18-19,21,23-24,26,28-29H,1,7-17,20,22H2,2-5H3,(H,38,45)(H,39,44)(H,40,47)(H,41,46)/t26-,28-,29+/m0/s1. The van der Waals surface area contributed by atoms with Gasteiger partial charge in [-0.2, -0.15) is 0 Å². The third-order valence-corrected chi connectivity index (χ3v) is 9.18. The Morgan fingerprint density at radius 1 is 0.959 bits per heavy atom. The van der Waals surface area contributed by atoms with Crippen molar-refractivity contribution in [3.05, 3.63) is 36.9 Å². The lowest BCUT2D eigenvalue weighted by molar-refractivity contribution is -0.150. The molecule has 3 atom stereocenters. The number of aromatic nitrogens is 2. The van der Waals surface area contributed by atoms with Crippen molar-refractivity contribution in [3.63, 3.8) is 0 Å². The van der Waals surface area contributed by atoms with Gasteiger partial charge in [0.25, 0.3) is 5.91 Å². The Balaban J connectivity index is 1.87. The number of hydroxylamine groups is 1. The fraction of sp³-hybridized carbons (Fsp3) is 0.657. The SMILES string of the molecule is C=CCONC(=O)C(=O)CNC(=O)[C@H](CC)N(C(=O)[C@@H](NC(=O)[C@@H](NC(=O)c1cnccn1)C1CCCCC1)C(C)(C)C)C1CCCCC1. The fourth-order valence-electron chi connectivity index (χ4n) is 6.57. The number of carbonyl (C=O) groups is 6. The normalized spacial score (nSPS) is 17.5. The second kappa shape index (κ2) is 19.1. The van der Waals surface area contributed by atoms with Crippen molar-refractivity contribution in [2.75, 3.05) is 13.2 Å². The number of nitrogens with one attached hydrogen (secondary N) is 4. The Bertz CT molecular complexity index is 1300. The van der Waals surface area contributed by atoms with Gasteiger partial charge in [0.05, 0.1) is 19.3 Å². The molecule has 2 aliphatic carbocycles. The molecule has 0 aromatic carbocycles. The molecule has 0 bridgehead atoms. The van der Waals surface area contributed by atoms with Gasteiger partial charge in [-0.1, -0.05) is 72.3 Å². The third kappa shape index (κ3) is 11.4. The largest absolute Gasteiger partial charge is 0.347 e. The Kier molecular flexibility index (Phi) is 15.3. The minimum absolute atomic E-state index is 0.00270. The van der Waals surface area contributed by atoms with Crippen LogP contribution in [0.4, 0.5) is 0 Å². The summed E-state index contributed by atoms with van der Waals surface area (Å²) in [6, 6.07) is -3.18. The number of nitrogens with zero attached hydrogens (tertiary/aromatic N) is 3. The fourth-order valence-corrected chi connectivity index (χ4v) is 6.57. The van der Waals surface area contributed by atoms with Crippen molar-refractivity contribution in [2.24, 2.45) is 11.3 Å². The summed E-state index contributed by atoms with van der Waals surface area (Å²) in [6.07, 6.45) is 14.3. The van der Waals surface area contributed by atoms with Crippen LogP contribution in [0.1, 0.15) is 109 Å². The summed E-state index contributed by atoms with van der Waals surface area (Å²) in [4.78, 5) is 94.6. The monoisotopic (exact) mass is 683 g/mol. The van der Waals surface area contributed by atoms with Gasteiger partial charge >= 0.3 is 5.91 Å². The van der Waals surface area contributed by atoms with E-state index in [1.165, 1.54) is 24.7 Å². The highest BCUT2D eigenvalue weighted by Crippen LogP contribution is 2.31. The average Bonchev–Trinajstić information content (AvgIpc) is 3.10. The van der Waals surface area contributed by atoms with E-state index < -0.39 is 65.4 Å². The van der Waals surface area contributed by atoms with Gasteiger partial charge in [0.15, 0.2) is 0 Å². The first-order valence-corrected chi connectivity index (χ1v) is 17.4. The van der Waals surface area contributed by atoms with E-state index in [-0.39, 0.29) is 30.7 Å². The van der Waals surface area contributed by atoms with Gasteiger partial charge in [0.1, 0.15) is 23.8 Å². The van der Waals surface area contributed by atoms with Crippen LogP contribution in [-0.2, 0) is 28.8 Å². The zero-order chi connectivity index (χ0) is 36.0. The molecule has 270 valence electrons. The van der Waals surface area contributed by atoms with Crippen LogP contribution in [-0.4, -0.2) is 87.5 Å². The zero-order valence-electron chi connectivity index (χ0n) is 29.3. The molecule has 14 heteroatoms. The zero-order valence-corrected chi connectivity index (χ0v) is 29.3. The van der Waals surface area contributed by atoms with E-state index >= 15 is 0 Å². The van der Waals surface area contributed by atoms with Gasteiger partial charge in [0.2, 0.25) is 23.5 Å². The van der Waals surface area contributed by atoms with E-state index in [0.717, 1.165) is 51.4 Å². The molecule has 0 saturated heterocycles. The smallest absolute Gasteiger partial charge is 0.312 e. The van der Waals surface area contributed by atoms with Gasteiger partial charge in [0, 0.05) is 18.4 Å². The summed E-state index contributed by atoms with van der Waals surface area (Å²) >= 11 is 0. The van der Waals surface area contributed by atoms with Gasteiger partial charge < -0.3 is 20.9 Å². The molecule has 1 aromatic rings. The summed E-state index contributed by atoms with van der Waals surface area (Å²) in [5.74, 6) is -4.08. The van der Waals surface area contributed by atoms with E-state index in [0.29, 0.717) is 12.8 Å². The third-order valence-electron chi connectivity index (χ3n) is 9.18. The highest BCUT2D eigenvalue weighted by Gasteiger charge is 2.44. The van der Waals surface area contributed by atoms with Gasteiger partial charge in [-0.15, -0.1) is 6.58 Å². The predicted molar refractivity (Wildman–Crippen MR) is 181 cm³/mol. The van der Waals surface area contributed by atoms with Crippen LogP contribution in [0.15, 0.2) is 31.2 Å². The molecule has 2 aliphatic rings. The number of hydrogen-bond donors (Lipinski definition) is 4. The summed E-state index contributed by atoms with van der Waals surface area (Å²) in [6.45, 7) is 10.2. The Labute approximate surface area is 288 Å². The van der Waals surface area contributed by atoms with Crippen molar-refractivity contribution in [2.45, 2.75) is 122 Å². The van der Waals surface area contributed by atoms with Crippen LogP contribution in [0.25, 0.3) is 0 Å². The van der Waals surface area contributed by atoms with Crippen LogP contribution >= 0.6 is 0 Å². The first-order valence-electron chi connectivity index (χ1n) is 17.4. The maximum atomic E-state index is 14.7. The van der Waals surface area contributed by atoms with Crippen LogP contribution in [0.3, 0.4) is 0 Å². The van der Waals surface area contributed by atoms with Gasteiger partial charge in [-0.05, 0) is 43.4 Å². The van der Waals surface area contributed by atoms with E-state index in [2.05, 4.69) is 32.5 Å². The molecule has 49 heavy (non-hydrogen) atoms. The molecular weight excluding hydrogens is 630 g/mol. The number of rotatable bonds is 16. The number of Topliss-reactive ketones (excluding diaryl/α,β-unsaturated/α-hetero) is 1. The average molecular weight is 684 g/mol. The van der Waals surface area contributed by atoms with E-state index in [1.54, 1.807) is 11.8 Å². The molecule has 1 aromatic heterocycles. The molecule has 0 unspecified atom stereocenters. The lowest BCUT2D eigenvalue weighted by Crippen LogP contribution is -2.64. The number of carbonyl (C=O) groups excluding carboxylic acids is 6. The van der Waals surface area contributed by atoms with Crippen molar-refractivity contribution < 1.29 is 33.6 Å². The minimum atomic E-state index is -1.04. The molecular formula is C35H53N7O7. The second-order valence-electron chi connectivity index (χ2n) is 13.9. The summed E-state index contributed by atoms with van der Waals surface area (Å²) in [5, 5.41) is 8.40. The summed E-state index contributed by atoms with van der Waals surface area (Å²) in [5.41, 5.74) is 1.30. The first kappa shape index (κ1) is 39.2. The lowest BCUT2D eigenvalue weighted by atomic mass is 9.81. The molecule has 2 fully saturated rings. The maximum Gasteiger partial charge on any atom is 0.312 e. The van der Waals surface area contributed by atoms with Crippen LogP contribution in [0, 0.1) is 11.3 Å². The first-order chi connectivity index (χ1) is 23.4. The molecule has 3 rings (SSSR count). The molecule has 5 amide bonds. The quantitative estimate of drug-likeness (QED) is 0.0879. The molecule has 14 nitrogen and oxygen atoms in total. The molecule has 2 saturated carbocycles. The van der Waals surface area contributed by atoms with Crippen molar-refractivity contribution in [1.82, 2.24) is 36.3 Å². The van der Waals surface area contributed by atoms with E-state index in [9.17, 15) is 28.8 Å². The molecule has 0 radical (unpaired) electrons. The highest BCUT2D eigenvalue weighted by molar-refractivity contribution is 6.37. The molecule has 0 aliphatic heterocycles. The molecule has 0 spiro atoms. The van der Waals surface area contributed by atoms with Crippen molar-refractivity contribution in [1.29, 1.82) is 0 Å². The number of hydrogen-bond acceptors (Lipinski definition) is 9. The van der Waals surface area contributed by atoms with Crippen molar-refractivity contribution in [3.8, 4) is 0 Å². The van der Waals surface area contributed by atoms with Crippen LogP contribution in [0.2, 0.25) is 0 Å². The topological polar surface area (TPSA) is 189 Å². The van der Waals surface area contributed by atoms with Crippen LogP contribution < -0.4 is 21.4 Å². The van der Waals surface area contributed by atoms with E-state index in [4.69, 9.17) is 4.84 Å². The van der Waals surface area contributed by atoms with Gasteiger partial charge in [-0.3, -0.25) is 38.6 Å². The summed E-state index contributed by atoms with van der Waals surface area (Å²) < 4.78 is 0. The molecule has 1 heterocycles. The van der Waals surface area contributed by atoms with Crippen molar-refractivity contribution >= 4 is 35.3 Å². The Hall–Kier alpha value is -4.20. The molecule has 4 N–H and O–H groups in total. The lowest BCUT2D eigenvalue weighted by Gasteiger charge is -2.43. The van der Waals surface area contributed by atoms with Crippen LogP contribution in [0.5, 0.6) is 0 Å². The Morgan fingerprint density at radius 2 is 1.61 bits per heavy atom. The second-order valence-corrected chi connectivity index (χ2v) is 13.9. The van der Waals surface area contributed by atoms with E-state index in [1.807, 2.05) is 26.3 Å². The Morgan fingerprint density at radius 3 is 2.18 bits per heavy atom. The van der Waals surface area contributed by atoms with Gasteiger partial charge in [-0.25, -0.2) is 10.5 Å². The number of amides is 5. The predicted octanol–water partition coefficient (Wildman–Crippen LogP) is 2.55. The maximum absolute atomic E-state index is 14.7. The highest BCUT2D eigenvalue weighted by atomic mass is 16.6. The minimum Gasteiger partial charge on any atom is -0.347 e. The summed E-state index contributed by atoms with van der Waals surface area (Å²) in [7, 11) is 0.